The van der Waals surface area contributed by atoms with Crippen LogP contribution in [0.5, 0.6) is 0 Å². The SMILES string of the molecule is COC(=O)CC(C)(C)CO/C=C(\C)CC(=O)ON1C(=O)CCC1=O. The molecule has 0 unspecified atom stereocenters. The number of hydrogen-bond donors (Lipinski definition) is 0. The van der Waals surface area contributed by atoms with Crippen LogP contribution in [0, 0.1) is 5.41 Å². The van der Waals surface area contributed by atoms with Gasteiger partial charge in [-0.1, -0.05) is 13.8 Å². The van der Waals surface area contributed by atoms with Crippen molar-refractivity contribution in [1.29, 1.82) is 0 Å². The Bertz CT molecular complexity index is 535. The van der Waals surface area contributed by atoms with Crippen LogP contribution in [0.4, 0.5) is 0 Å². The molecule has 0 aliphatic carbocycles. The summed E-state index contributed by atoms with van der Waals surface area (Å²) in [6.07, 6.45) is 1.60. The molecule has 1 saturated heterocycles. The van der Waals surface area contributed by atoms with Crippen LogP contribution in [-0.4, -0.2) is 42.5 Å². The molecule has 0 radical (unpaired) electrons. The van der Waals surface area contributed by atoms with Crippen LogP contribution in [0.2, 0.25) is 0 Å². The molecular weight excluding hydrogens is 318 g/mol. The molecule has 0 N–H and O–H groups in total. The van der Waals surface area contributed by atoms with Gasteiger partial charge in [-0.2, -0.15) is 0 Å². The fraction of sp³-hybridized carbons (Fsp3) is 0.625. The summed E-state index contributed by atoms with van der Waals surface area (Å²) in [4.78, 5) is 50.5. The molecule has 1 rings (SSSR count). The second kappa shape index (κ2) is 8.47. The molecule has 1 aliphatic heterocycles. The average molecular weight is 341 g/mol. The minimum atomic E-state index is -0.718. The summed E-state index contributed by atoms with van der Waals surface area (Å²) >= 11 is 0. The zero-order valence-corrected chi connectivity index (χ0v) is 14.4. The van der Waals surface area contributed by atoms with E-state index in [1.807, 2.05) is 13.8 Å². The molecule has 8 nitrogen and oxygen atoms in total. The van der Waals surface area contributed by atoms with Gasteiger partial charge in [-0.15, -0.1) is 5.06 Å². The summed E-state index contributed by atoms with van der Waals surface area (Å²) in [5.41, 5.74) is 0.145. The lowest BCUT2D eigenvalue weighted by Gasteiger charge is -2.22. The number of amides is 2. The van der Waals surface area contributed by atoms with Crippen LogP contribution >= 0.6 is 0 Å². The smallest absolute Gasteiger partial charge is 0.337 e. The normalized spacial score (nSPS) is 15.5. The van der Waals surface area contributed by atoms with E-state index in [-0.39, 0.29) is 38.3 Å². The summed E-state index contributed by atoms with van der Waals surface area (Å²) < 4.78 is 10.0. The van der Waals surface area contributed by atoms with Gasteiger partial charge in [0.1, 0.15) is 0 Å². The lowest BCUT2D eigenvalue weighted by molar-refractivity contribution is -0.197. The Morgan fingerprint density at radius 2 is 1.75 bits per heavy atom. The van der Waals surface area contributed by atoms with Gasteiger partial charge in [-0.05, 0) is 12.5 Å². The van der Waals surface area contributed by atoms with Crippen LogP contribution in [-0.2, 0) is 33.5 Å². The summed E-state index contributed by atoms with van der Waals surface area (Å²) in [5.74, 6) is -2.08. The second-order valence-corrected chi connectivity index (χ2v) is 6.41. The van der Waals surface area contributed by atoms with Crippen molar-refractivity contribution in [3.63, 3.8) is 0 Å². The Kier molecular flexibility index (Phi) is 6.94. The summed E-state index contributed by atoms with van der Waals surface area (Å²) in [7, 11) is 1.32. The number of esters is 1. The number of hydrogen-bond acceptors (Lipinski definition) is 7. The van der Waals surface area contributed by atoms with Gasteiger partial charge in [-0.3, -0.25) is 14.4 Å². The van der Waals surface area contributed by atoms with Crippen molar-refractivity contribution in [2.24, 2.45) is 5.41 Å². The van der Waals surface area contributed by atoms with Gasteiger partial charge in [0, 0.05) is 18.3 Å². The maximum atomic E-state index is 11.7. The maximum Gasteiger partial charge on any atom is 0.337 e. The van der Waals surface area contributed by atoms with Crippen LogP contribution in [0.15, 0.2) is 11.8 Å². The van der Waals surface area contributed by atoms with Gasteiger partial charge in [0.25, 0.3) is 11.8 Å². The standard InChI is InChI=1S/C16H23NO7/c1-11(9-23-10-16(2,3)8-15(21)22-4)7-14(20)24-17-12(18)5-6-13(17)19/h9H,5-8,10H2,1-4H3/b11-9+. The Morgan fingerprint density at radius 1 is 1.17 bits per heavy atom. The van der Waals surface area contributed by atoms with E-state index in [9.17, 15) is 19.2 Å². The Balaban J connectivity index is 2.41. The molecule has 24 heavy (non-hydrogen) atoms. The highest BCUT2D eigenvalue weighted by molar-refractivity contribution is 6.01. The van der Waals surface area contributed by atoms with E-state index in [2.05, 4.69) is 4.74 Å². The number of imide groups is 1. The molecule has 134 valence electrons. The first-order valence-electron chi connectivity index (χ1n) is 7.55. The largest absolute Gasteiger partial charge is 0.501 e. The minimum absolute atomic E-state index is 0.0549. The summed E-state index contributed by atoms with van der Waals surface area (Å²) in [6.45, 7) is 5.62. The number of rotatable bonds is 8. The molecule has 2 amide bonds. The Morgan fingerprint density at radius 3 is 2.29 bits per heavy atom. The molecular formula is C16H23NO7. The van der Waals surface area contributed by atoms with Crippen LogP contribution in [0.25, 0.3) is 0 Å². The van der Waals surface area contributed by atoms with E-state index in [1.54, 1.807) is 6.92 Å². The van der Waals surface area contributed by atoms with Crippen molar-refractivity contribution in [1.82, 2.24) is 5.06 Å². The first-order valence-corrected chi connectivity index (χ1v) is 7.55. The second-order valence-electron chi connectivity index (χ2n) is 6.41. The number of carbonyl (C=O) groups is 4. The van der Waals surface area contributed by atoms with Crippen molar-refractivity contribution >= 4 is 23.8 Å². The molecule has 0 aromatic rings. The third-order valence-electron chi connectivity index (χ3n) is 3.23. The molecule has 1 fully saturated rings. The molecule has 0 aromatic heterocycles. The van der Waals surface area contributed by atoms with E-state index >= 15 is 0 Å². The minimum Gasteiger partial charge on any atom is -0.501 e. The summed E-state index contributed by atoms with van der Waals surface area (Å²) in [6, 6.07) is 0. The quantitative estimate of drug-likeness (QED) is 0.375. The van der Waals surface area contributed by atoms with Crippen molar-refractivity contribution in [3.8, 4) is 0 Å². The van der Waals surface area contributed by atoms with Gasteiger partial charge < -0.3 is 14.3 Å². The highest BCUT2D eigenvalue weighted by Crippen LogP contribution is 2.21. The van der Waals surface area contributed by atoms with Crippen molar-refractivity contribution in [2.75, 3.05) is 13.7 Å². The third kappa shape index (κ3) is 6.39. The van der Waals surface area contributed by atoms with Crippen LogP contribution < -0.4 is 0 Å². The molecule has 0 atom stereocenters. The zero-order chi connectivity index (χ0) is 18.3. The van der Waals surface area contributed by atoms with E-state index in [0.29, 0.717) is 10.6 Å². The highest BCUT2D eigenvalue weighted by Gasteiger charge is 2.32. The molecule has 1 heterocycles. The van der Waals surface area contributed by atoms with E-state index in [0.717, 1.165) is 0 Å². The van der Waals surface area contributed by atoms with Crippen molar-refractivity contribution in [2.45, 2.75) is 46.5 Å². The number of nitrogens with zero attached hydrogens (tertiary/aromatic N) is 1. The van der Waals surface area contributed by atoms with Gasteiger partial charge >= 0.3 is 11.9 Å². The topological polar surface area (TPSA) is 99.2 Å². The predicted molar refractivity (Wildman–Crippen MR) is 81.9 cm³/mol. The van der Waals surface area contributed by atoms with Crippen LogP contribution in [0.1, 0.15) is 46.5 Å². The van der Waals surface area contributed by atoms with Crippen molar-refractivity contribution in [3.05, 3.63) is 11.8 Å². The third-order valence-corrected chi connectivity index (χ3v) is 3.23. The van der Waals surface area contributed by atoms with Gasteiger partial charge in [0.2, 0.25) is 0 Å². The monoisotopic (exact) mass is 341 g/mol. The first kappa shape index (κ1) is 19.7. The number of ether oxygens (including phenoxy) is 2. The fourth-order valence-corrected chi connectivity index (χ4v) is 1.98. The maximum absolute atomic E-state index is 11.7. The van der Waals surface area contributed by atoms with E-state index in [4.69, 9.17) is 9.57 Å². The van der Waals surface area contributed by atoms with E-state index in [1.165, 1.54) is 13.4 Å². The molecule has 1 aliphatic rings. The van der Waals surface area contributed by atoms with Crippen LogP contribution in [0.3, 0.4) is 0 Å². The molecule has 0 aromatic carbocycles. The number of methoxy groups -OCH3 is 1. The highest BCUT2D eigenvalue weighted by atomic mass is 16.7. The van der Waals surface area contributed by atoms with Gasteiger partial charge in [0.05, 0.1) is 32.8 Å². The predicted octanol–water partition coefficient (Wildman–Crippen LogP) is 1.49. The Hall–Kier alpha value is -2.38. The lowest BCUT2D eigenvalue weighted by Crippen LogP contribution is -2.32. The van der Waals surface area contributed by atoms with Gasteiger partial charge in [-0.25, -0.2) is 4.79 Å². The summed E-state index contributed by atoms with van der Waals surface area (Å²) in [5, 5.41) is 0.510. The average Bonchev–Trinajstić information content (AvgIpc) is 2.78. The lowest BCUT2D eigenvalue weighted by atomic mass is 9.91. The number of hydroxylamine groups is 2. The van der Waals surface area contributed by atoms with Gasteiger partial charge in [0.15, 0.2) is 0 Å². The van der Waals surface area contributed by atoms with E-state index < -0.39 is 23.2 Å². The Labute approximate surface area is 140 Å². The molecule has 0 spiro atoms. The van der Waals surface area contributed by atoms with Crippen molar-refractivity contribution < 1.29 is 33.5 Å². The fourth-order valence-electron chi connectivity index (χ4n) is 1.98. The molecule has 0 bridgehead atoms. The zero-order valence-electron chi connectivity index (χ0n) is 14.4. The number of carbonyl (C=O) groups excluding carboxylic acids is 4. The molecule has 8 heteroatoms. The first-order chi connectivity index (χ1) is 11.1. The molecule has 0 saturated carbocycles.